The Hall–Kier alpha value is -2.47. The molecule has 6 heteroatoms. The van der Waals surface area contributed by atoms with Crippen LogP contribution >= 0.6 is 11.3 Å². The second-order valence-corrected chi connectivity index (χ2v) is 7.71. The highest BCUT2D eigenvalue weighted by molar-refractivity contribution is 7.22. The lowest BCUT2D eigenvalue weighted by molar-refractivity contribution is -0.120. The number of halogens is 1. The van der Waals surface area contributed by atoms with Gasteiger partial charge in [-0.25, -0.2) is 9.37 Å². The first-order chi connectivity index (χ1) is 12.6. The third kappa shape index (κ3) is 3.42. The molecule has 0 spiro atoms. The molecule has 4 rings (SSSR count). The monoisotopic (exact) mass is 369 g/mol. The van der Waals surface area contributed by atoms with Gasteiger partial charge in [-0.3, -0.25) is 4.79 Å². The van der Waals surface area contributed by atoms with Gasteiger partial charge in [0, 0.05) is 24.7 Å². The van der Waals surface area contributed by atoms with Gasteiger partial charge in [0.2, 0.25) is 5.91 Å². The summed E-state index contributed by atoms with van der Waals surface area (Å²) in [5.41, 5.74) is 2.44. The summed E-state index contributed by atoms with van der Waals surface area (Å²) in [6, 6.07) is 12.9. The van der Waals surface area contributed by atoms with Crippen molar-refractivity contribution >= 4 is 38.3 Å². The molecule has 0 bridgehead atoms. The molecule has 1 aliphatic heterocycles. The second kappa shape index (κ2) is 7.03. The number of fused-ring (bicyclic) bond motifs is 1. The highest BCUT2D eigenvalue weighted by Crippen LogP contribution is 2.32. The first kappa shape index (κ1) is 17.0. The summed E-state index contributed by atoms with van der Waals surface area (Å²) >= 11 is 1.51. The van der Waals surface area contributed by atoms with Crippen LogP contribution in [0.2, 0.25) is 0 Å². The summed E-state index contributed by atoms with van der Waals surface area (Å²) in [5.74, 6) is -0.208. The van der Waals surface area contributed by atoms with Crippen molar-refractivity contribution in [3.63, 3.8) is 0 Å². The Balaban J connectivity index is 1.39. The molecule has 3 aromatic rings. The smallest absolute Gasteiger partial charge is 0.227 e. The van der Waals surface area contributed by atoms with E-state index in [-0.39, 0.29) is 17.6 Å². The molecule has 134 valence electrons. The molecular weight excluding hydrogens is 349 g/mol. The van der Waals surface area contributed by atoms with Crippen molar-refractivity contribution in [3.8, 4) is 0 Å². The molecule has 1 aromatic heterocycles. The van der Waals surface area contributed by atoms with E-state index in [9.17, 15) is 9.18 Å². The molecule has 1 aliphatic rings. The topological polar surface area (TPSA) is 45.2 Å². The van der Waals surface area contributed by atoms with E-state index in [1.165, 1.54) is 23.0 Å². The Morgan fingerprint density at radius 3 is 2.62 bits per heavy atom. The van der Waals surface area contributed by atoms with E-state index >= 15 is 0 Å². The van der Waals surface area contributed by atoms with Crippen molar-refractivity contribution in [1.82, 2.24) is 4.98 Å². The second-order valence-electron chi connectivity index (χ2n) is 6.70. The first-order valence-electron chi connectivity index (χ1n) is 8.78. The van der Waals surface area contributed by atoms with Crippen molar-refractivity contribution in [1.29, 1.82) is 0 Å². The number of hydrogen-bond acceptors (Lipinski definition) is 4. The predicted octanol–water partition coefficient (Wildman–Crippen LogP) is 4.60. The molecule has 0 atom stereocenters. The zero-order valence-electron chi connectivity index (χ0n) is 14.5. The summed E-state index contributed by atoms with van der Waals surface area (Å²) in [4.78, 5) is 19.1. The summed E-state index contributed by atoms with van der Waals surface area (Å²) in [6.45, 7) is 3.54. The molecule has 2 heterocycles. The number of benzene rings is 2. The summed E-state index contributed by atoms with van der Waals surface area (Å²) in [6.07, 6.45) is 1.55. The molecular formula is C20H20FN3OS. The number of carbonyl (C=O) groups is 1. The number of aryl methyl sites for hydroxylation is 1. The fraction of sp³-hybridized carbons (Fsp3) is 0.300. The lowest BCUT2D eigenvalue weighted by Crippen LogP contribution is -2.38. The number of hydrogen-bond donors (Lipinski definition) is 1. The SMILES string of the molecule is Cc1ccc(NC(=O)C2CCN(c3nc4c(F)cccc4s3)CC2)cc1. The van der Waals surface area contributed by atoms with Crippen molar-refractivity contribution in [2.45, 2.75) is 19.8 Å². The lowest BCUT2D eigenvalue weighted by atomic mass is 9.96. The molecule has 0 radical (unpaired) electrons. The van der Waals surface area contributed by atoms with Crippen molar-refractivity contribution < 1.29 is 9.18 Å². The van der Waals surface area contributed by atoms with Crippen LogP contribution in [0.1, 0.15) is 18.4 Å². The van der Waals surface area contributed by atoms with Gasteiger partial charge in [-0.15, -0.1) is 0 Å². The quantitative estimate of drug-likeness (QED) is 0.734. The highest BCUT2D eigenvalue weighted by Gasteiger charge is 2.26. The van der Waals surface area contributed by atoms with Crippen LogP contribution in [0.25, 0.3) is 10.2 Å². The van der Waals surface area contributed by atoms with Gasteiger partial charge in [0.25, 0.3) is 0 Å². The minimum Gasteiger partial charge on any atom is -0.348 e. The van der Waals surface area contributed by atoms with E-state index in [2.05, 4.69) is 15.2 Å². The molecule has 0 unspecified atom stereocenters. The number of rotatable bonds is 3. The van der Waals surface area contributed by atoms with Gasteiger partial charge >= 0.3 is 0 Å². The average Bonchev–Trinajstić information content (AvgIpc) is 3.09. The molecule has 1 amide bonds. The Morgan fingerprint density at radius 1 is 1.19 bits per heavy atom. The molecule has 26 heavy (non-hydrogen) atoms. The zero-order valence-corrected chi connectivity index (χ0v) is 15.4. The van der Waals surface area contributed by atoms with E-state index in [0.29, 0.717) is 5.52 Å². The molecule has 1 N–H and O–H groups in total. The van der Waals surface area contributed by atoms with E-state index < -0.39 is 0 Å². The number of carbonyl (C=O) groups excluding carboxylic acids is 1. The van der Waals surface area contributed by atoms with Gasteiger partial charge in [0.05, 0.1) is 4.70 Å². The van der Waals surface area contributed by atoms with E-state index in [1.54, 1.807) is 6.07 Å². The summed E-state index contributed by atoms with van der Waals surface area (Å²) < 4.78 is 14.7. The minimum absolute atomic E-state index is 0.00123. The number of para-hydroxylation sites is 1. The van der Waals surface area contributed by atoms with Gasteiger partial charge in [-0.1, -0.05) is 35.1 Å². The Bertz CT molecular complexity index is 930. The van der Waals surface area contributed by atoms with Crippen LogP contribution in [0.15, 0.2) is 42.5 Å². The Morgan fingerprint density at radius 2 is 1.92 bits per heavy atom. The van der Waals surface area contributed by atoms with Crippen LogP contribution in [-0.4, -0.2) is 24.0 Å². The van der Waals surface area contributed by atoms with Gasteiger partial charge in [0.15, 0.2) is 5.13 Å². The Labute approximate surface area is 155 Å². The fourth-order valence-corrected chi connectivity index (χ4v) is 4.28. The van der Waals surface area contributed by atoms with Crippen LogP contribution in [0.3, 0.4) is 0 Å². The lowest BCUT2D eigenvalue weighted by Gasteiger charge is -2.31. The summed E-state index contributed by atoms with van der Waals surface area (Å²) in [7, 11) is 0. The number of aromatic nitrogens is 1. The van der Waals surface area contributed by atoms with Gasteiger partial charge in [-0.05, 0) is 44.0 Å². The predicted molar refractivity (Wildman–Crippen MR) is 104 cm³/mol. The molecule has 0 aliphatic carbocycles. The molecule has 2 aromatic carbocycles. The van der Waals surface area contributed by atoms with Crippen molar-refractivity contribution in [2.24, 2.45) is 5.92 Å². The normalized spacial score (nSPS) is 15.4. The van der Waals surface area contributed by atoms with E-state index in [0.717, 1.165) is 41.5 Å². The van der Waals surface area contributed by atoms with Crippen LogP contribution in [0.5, 0.6) is 0 Å². The van der Waals surface area contributed by atoms with Crippen molar-refractivity contribution in [2.75, 3.05) is 23.3 Å². The molecule has 1 saturated heterocycles. The zero-order chi connectivity index (χ0) is 18.1. The summed E-state index contributed by atoms with van der Waals surface area (Å²) in [5, 5.41) is 3.84. The maximum Gasteiger partial charge on any atom is 0.227 e. The number of nitrogens with one attached hydrogen (secondary N) is 1. The minimum atomic E-state index is -0.280. The maximum absolute atomic E-state index is 13.8. The van der Waals surface area contributed by atoms with Gasteiger partial charge in [-0.2, -0.15) is 0 Å². The van der Waals surface area contributed by atoms with Crippen LogP contribution in [0, 0.1) is 18.7 Å². The molecule has 0 saturated carbocycles. The third-order valence-corrected chi connectivity index (χ3v) is 5.90. The number of anilines is 2. The molecule has 1 fully saturated rings. The standard InChI is InChI=1S/C20H20FN3OS/c1-13-5-7-15(8-6-13)22-19(25)14-9-11-24(12-10-14)20-23-18-16(21)3-2-4-17(18)26-20/h2-8,14H,9-12H2,1H3,(H,22,25). The average molecular weight is 369 g/mol. The van der Waals surface area contributed by atoms with Crippen LogP contribution in [-0.2, 0) is 4.79 Å². The van der Waals surface area contributed by atoms with Gasteiger partial charge in [0.1, 0.15) is 11.3 Å². The number of thiazole rings is 1. The highest BCUT2D eigenvalue weighted by atomic mass is 32.1. The fourth-order valence-electron chi connectivity index (χ4n) is 3.25. The van der Waals surface area contributed by atoms with Gasteiger partial charge < -0.3 is 10.2 Å². The molecule has 4 nitrogen and oxygen atoms in total. The van der Waals surface area contributed by atoms with Crippen molar-refractivity contribution in [3.05, 3.63) is 53.8 Å². The van der Waals surface area contributed by atoms with Crippen LogP contribution < -0.4 is 10.2 Å². The third-order valence-electron chi connectivity index (χ3n) is 4.81. The largest absolute Gasteiger partial charge is 0.348 e. The van der Waals surface area contributed by atoms with E-state index in [4.69, 9.17) is 0 Å². The maximum atomic E-state index is 13.8. The number of piperidine rings is 1. The first-order valence-corrected chi connectivity index (χ1v) is 9.59. The number of nitrogens with zero attached hydrogens (tertiary/aromatic N) is 2. The number of amides is 1. The van der Waals surface area contributed by atoms with Crippen LogP contribution in [0.4, 0.5) is 15.2 Å². The van der Waals surface area contributed by atoms with E-state index in [1.807, 2.05) is 37.3 Å². The Kier molecular flexibility index (Phi) is 4.59.